The number of fused-ring (bicyclic) bond motifs is 1. The monoisotopic (exact) mass is 374 g/mol. The molecule has 0 saturated carbocycles. The summed E-state index contributed by atoms with van der Waals surface area (Å²) in [6, 6.07) is 16.8. The Balaban J connectivity index is 1.81. The fraction of sp³-hybridized carbons (Fsp3) is 0.182. The molecule has 2 aromatic carbocycles. The number of hydrogen-bond donors (Lipinski definition) is 3. The predicted molar refractivity (Wildman–Crippen MR) is 111 cm³/mol. The second-order valence-corrected chi connectivity index (χ2v) is 6.67. The van der Waals surface area contributed by atoms with Crippen molar-refractivity contribution in [2.75, 3.05) is 11.9 Å². The van der Waals surface area contributed by atoms with Crippen LogP contribution in [-0.2, 0) is 0 Å². The van der Waals surface area contributed by atoms with Crippen LogP contribution in [0.4, 0.5) is 5.82 Å². The molecule has 6 nitrogen and oxygen atoms in total. The molecule has 0 aliphatic heterocycles. The maximum Gasteiger partial charge on any atom is 0.165 e. The summed E-state index contributed by atoms with van der Waals surface area (Å²) < 4.78 is 5.47. The number of hydrogen-bond acceptors (Lipinski definition) is 6. The molecule has 0 aliphatic carbocycles. The van der Waals surface area contributed by atoms with Gasteiger partial charge < -0.3 is 20.6 Å². The Morgan fingerprint density at radius 1 is 1.11 bits per heavy atom. The topological polar surface area (TPSA) is 97.2 Å². The van der Waals surface area contributed by atoms with Crippen molar-refractivity contribution in [3.8, 4) is 28.5 Å². The molecule has 0 fully saturated rings. The fourth-order valence-electron chi connectivity index (χ4n) is 3.02. The second-order valence-electron chi connectivity index (χ2n) is 6.67. The van der Waals surface area contributed by atoms with Crippen molar-refractivity contribution in [1.82, 2.24) is 9.97 Å². The molecule has 0 bridgehead atoms. The van der Waals surface area contributed by atoms with Gasteiger partial charge >= 0.3 is 0 Å². The van der Waals surface area contributed by atoms with Crippen molar-refractivity contribution in [2.24, 2.45) is 5.73 Å². The van der Waals surface area contributed by atoms with Crippen molar-refractivity contribution >= 4 is 16.7 Å². The number of nitrogens with zero attached hydrogens (tertiary/aromatic N) is 2. The van der Waals surface area contributed by atoms with E-state index < -0.39 is 0 Å². The molecule has 4 N–H and O–H groups in total. The lowest BCUT2D eigenvalue weighted by Gasteiger charge is -2.14. The quantitative estimate of drug-likeness (QED) is 0.462. The number of phenols is 1. The summed E-state index contributed by atoms with van der Waals surface area (Å²) in [4.78, 5) is 9.36. The van der Waals surface area contributed by atoms with E-state index in [1.807, 2.05) is 49.4 Å². The van der Waals surface area contributed by atoms with Gasteiger partial charge in [-0.3, -0.25) is 0 Å². The summed E-state index contributed by atoms with van der Waals surface area (Å²) in [5, 5.41) is 14.7. The molecule has 28 heavy (non-hydrogen) atoms. The van der Waals surface area contributed by atoms with Crippen molar-refractivity contribution in [3.05, 3.63) is 60.9 Å². The molecular formula is C22H22N4O2. The van der Waals surface area contributed by atoms with Crippen molar-refractivity contribution in [1.29, 1.82) is 0 Å². The van der Waals surface area contributed by atoms with Crippen LogP contribution in [0.15, 0.2) is 65.3 Å². The molecule has 0 aliphatic rings. The average molecular weight is 374 g/mol. The molecule has 2 heterocycles. The Labute approximate surface area is 163 Å². The lowest BCUT2D eigenvalue weighted by atomic mass is 10.1. The van der Waals surface area contributed by atoms with Crippen LogP contribution in [0.3, 0.4) is 0 Å². The van der Waals surface area contributed by atoms with Crippen LogP contribution >= 0.6 is 0 Å². The summed E-state index contributed by atoms with van der Waals surface area (Å²) in [5.74, 6) is 1.97. The summed E-state index contributed by atoms with van der Waals surface area (Å²) in [7, 11) is 0. The van der Waals surface area contributed by atoms with Gasteiger partial charge in [0, 0.05) is 23.5 Å². The van der Waals surface area contributed by atoms with Crippen LogP contribution < -0.4 is 11.1 Å². The highest BCUT2D eigenvalue weighted by Crippen LogP contribution is 2.34. The number of anilines is 1. The third-order valence-electron chi connectivity index (χ3n) is 4.70. The number of benzene rings is 2. The van der Waals surface area contributed by atoms with Crippen LogP contribution in [0.25, 0.3) is 33.6 Å². The number of rotatable bonds is 6. The van der Waals surface area contributed by atoms with Gasteiger partial charge in [0.1, 0.15) is 17.3 Å². The molecule has 142 valence electrons. The van der Waals surface area contributed by atoms with Crippen molar-refractivity contribution in [3.63, 3.8) is 0 Å². The normalized spacial score (nSPS) is 12.2. The Hall–Kier alpha value is -3.38. The van der Waals surface area contributed by atoms with E-state index in [-0.39, 0.29) is 11.8 Å². The van der Waals surface area contributed by atoms with Gasteiger partial charge in [-0.25, -0.2) is 9.97 Å². The molecule has 0 saturated heterocycles. The third-order valence-corrected chi connectivity index (χ3v) is 4.70. The zero-order valence-electron chi connectivity index (χ0n) is 15.6. The van der Waals surface area contributed by atoms with Gasteiger partial charge in [-0.05, 0) is 48.9 Å². The zero-order valence-corrected chi connectivity index (χ0v) is 15.6. The Morgan fingerprint density at radius 2 is 1.96 bits per heavy atom. The lowest BCUT2D eigenvalue weighted by molar-refractivity contribution is 0.477. The molecule has 0 spiro atoms. The predicted octanol–water partition coefficient (Wildman–Crippen LogP) is 4.41. The molecule has 0 amide bonds. The van der Waals surface area contributed by atoms with Gasteiger partial charge in [0.2, 0.25) is 0 Å². The first-order valence-electron chi connectivity index (χ1n) is 9.29. The molecule has 1 atom stereocenters. The smallest absolute Gasteiger partial charge is 0.165 e. The summed E-state index contributed by atoms with van der Waals surface area (Å²) in [6.07, 6.45) is 2.49. The number of para-hydroxylation sites is 1. The average Bonchev–Trinajstić information content (AvgIpc) is 3.26. The number of aromatic nitrogens is 2. The lowest BCUT2D eigenvalue weighted by Crippen LogP contribution is -2.28. The van der Waals surface area contributed by atoms with Gasteiger partial charge in [0.25, 0.3) is 0 Å². The van der Waals surface area contributed by atoms with Crippen LogP contribution in [-0.4, -0.2) is 27.7 Å². The molecule has 4 rings (SSSR count). The standard InChI is InChI=1S/C22H22N4O2/c1-2-15(23)13-24-21-16-6-3-4-7-18(16)25-22(26-21)17-12-14(9-10-19(17)27)20-8-5-11-28-20/h3-12,15,27H,2,13,23H2,1H3,(H,24,25,26)/t15-/m0/s1. The third kappa shape index (κ3) is 3.54. The summed E-state index contributed by atoms with van der Waals surface area (Å²) >= 11 is 0. The summed E-state index contributed by atoms with van der Waals surface area (Å²) in [5.41, 5.74) is 8.24. The first kappa shape index (κ1) is 18.0. The van der Waals surface area contributed by atoms with E-state index in [1.165, 1.54) is 0 Å². The Bertz CT molecular complexity index is 1090. The van der Waals surface area contributed by atoms with E-state index in [0.717, 1.165) is 22.9 Å². The Morgan fingerprint density at radius 3 is 2.75 bits per heavy atom. The highest BCUT2D eigenvalue weighted by Gasteiger charge is 2.14. The fourth-order valence-corrected chi connectivity index (χ4v) is 3.02. The number of nitrogens with two attached hydrogens (primary N) is 1. The van der Waals surface area contributed by atoms with E-state index in [2.05, 4.69) is 10.3 Å². The van der Waals surface area contributed by atoms with E-state index >= 15 is 0 Å². The maximum atomic E-state index is 10.5. The first-order valence-corrected chi connectivity index (χ1v) is 9.29. The van der Waals surface area contributed by atoms with Crippen LogP contribution in [0.2, 0.25) is 0 Å². The van der Waals surface area contributed by atoms with E-state index in [0.29, 0.717) is 29.5 Å². The largest absolute Gasteiger partial charge is 0.507 e. The minimum Gasteiger partial charge on any atom is -0.507 e. The number of furan rings is 1. The van der Waals surface area contributed by atoms with Gasteiger partial charge in [-0.15, -0.1) is 0 Å². The van der Waals surface area contributed by atoms with Gasteiger partial charge in [-0.2, -0.15) is 0 Å². The molecule has 4 aromatic rings. The van der Waals surface area contributed by atoms with Crippen molar-refractivity contribution in [2.45, 2.75) is 19.4 Å². The second kappa shape index (κ2) is 7.70. The minimum atomic E-state index is 0.0351. The van der Waals surface area contributed by atoms with E-state index in [9.17, 15) is 5.11 Å². The van der Waals surface area contributed by atoms with E-state index in [4.69, 9.17) is 15.1 Å². The SMILES string of the molecule is CC[C@H](N)CNc1nc(-c2cc(-c3ccco3)ccc2O)nc2ccccc12. The molecule has 2 aromatic heterocycles. The number of phenolic OH excluding ortho intramolecular Hbond substituents is 1. The first-order chi connectivity index (χ1) is 13.7. The molecule has 6 heteroatoms. The molecule has 0 unspecified atom stereocenters. The van der Waals surface area contributed by atoms with Gasteiger partial charge in [-0.1, -0.05) is 19.1 Å². The highest BCUT2D eigenvalue weighted by molar-refractivity contribution is 5.91. The van der Waals surface area contributed by atoms with Gasteiger partial charge in [0.05, 0.1) is 17.3 Å². The van der Waals surface area contributed by atoms with Crippen LogP contribution in [0.5, 0.6) is 5.75 Å². The van der Waals surface area contributed by atoms with Crippen LogP contribution in [0, 0.1) is 0 Å². The molecular weight excluding hydrogens is 352 g/mol. The van der Waals surface area contributed by atoms with Crippen molar-refractivity contribution < 1.29 is 9.52 Å². The van der Waals surface area contributed by atoms with Crippen LogP contribution in [0.1, 0.15) is 13.3 Å². The maximum absolute atomic E-state index is 10.5. The zero-order chi connectivity index (χ0) is 19.5. The Kier molecular flexibility index (Phi) is 4.95. The summed E-state index contributed by atoms with van der Waals surface area (Å²) in [6.45, 7) is 2.66. The number of aromatic hydroxyl groups is 1. The van der Waals surface area contributed by atoms with E-state index in [1.54, 1.807) is 18.4 Å². The molecule has 0 radical (unpaired) electrons. The highest BCUT2D eigenvalue weighted by atomic mass is 16.3. The van der Waals surface area contributed by atoms with Gasteiger partial charge in [0.15, 0.2) is 5.82 Å². The number of nitrogens with one attached hydrogen (secondary N) is 1. The minimum absolute atomic E-state index is 0.0351.